The number of fused-ring (bicyclic) bond motifs is 1. The van der Waals surface area contributed by atoms with E-state index in [0.717, 1.165) is 16.8 Å². The quantitative estimate of drug-likeness (QED) is 0.418. The van der Waals surface area contributed by atoms with Crippen LogP contribution in [0, 0.1) is 23.4 Å². The molecule has 2 atom stereocenters. The number of benzene rings is 1. The lowest BCUT2D eigenvalue weighted by molar-refractivity contribution is 0.0545. The van der Waals surface area contributed by atoms with Gasteiger partial charge in [0.15, 0.2) is 23.3 Å². The molecule has 3 aromatic rings. The zero-order valence-corrected chi connectivity index (χ0v) is 18.1. The summed E-state index contributed by atoms with van der Waals surface area (Å²) in [5.74, 6) is -6.74. The minimum Gasteiger partial charge on any atom is -0.477 e. The number of aromatic carboxylic acids is 1. The molecule has 5 N–H and O–H groups in total. The summed E-state index contributed by atoms with van der Waals surface area (Å²) in [4.78, 5) is 29.5. The molecule has 1 fully saturated rings. The molecule has 4 rings (SSSR count). The average Bonchev–Trinajstić information content (AvgIpc) is 3.26. The number of aliphatic hydroxyl groups excluding tert-OH is 2. The van der Waals surface area contributed by atoms with Crippen molar-refractivity contribution in [2.45, 2.75) is 12.5 Å². The smallest absolute Gasteiger partial charge is 0.341 e. The van der Waals surface area contributed by atoms with E-state index in [1.807, 2.05) is 0 Å². The molecule has 13 heteroatoms. The number of nitrogens with two attached hydrogens (primary N) is 1. The van der Waals surface area contributed by atoms with Crippen LogP contribution in [0.3, 0.4) is 0 Å². The maximum atomic E-state index is 15.2. The van der Waals surface area contributed by atoms with Gasteiger partial charge < -0.3 is 26.0 Å². The number of carbonyl (C=O) groups is 1. The Kier molecular flexibility index (Phi) is 6.14. The molecular formula is C21H18ClF3N4O5. The summed E-state index contributed by atoms with van der Waals surface area (Å²) in [6.45, 7) is -0.115. The molecule has 9 nitrogen and oxygen atoms in total. The highest BCUT2D eigenvalue weighted by Gasteiger charge is 2.32. The van der Waals surface area contributed by atoms with E-state index in [0.29, 0.717) is 12.5 Å². The first-order valence-electron chi connectivity index (χ1n) is 10.0. The summed E-state index contributed by atoms with van der Waals surface area (Å²) in [6, 6.07) is 1.21. The van der Waals surface area contributed by atoms with Crippen LogP contribution < -0.4 is 16.1 Å². The fraction of sp³-hybridized carbons (Fsp3) is 0.286. The highest BCUT2D eigenvalue weighted by atomic mass is 35.5. The molecule has 34 heavy (non-hydrogen) atoms. The van der Waals surface area contributed by atoms with E-state index in [2.05, 4.69) is 4.98 Å². The van der Waals surface area contributed by atoms with Gasteiger partial charge in [0, 0.05) is 31.3 Å². The van der Waals surface area contributed by atoms with Crippen molar-refractivity contribution in [1.82, 2.24) is 9.55 Å². The number of aromatic nitrogens is 2. The second-order valence-corrected chi connectivity index (χ2v) is 8.25. The van der Waals surface area contributed by atoms with E-state index in [1.54, 1.807) is 0 Å². The van der Waals surface area contributed by atoms with Gasteiger partial charge in [0.1, 0.15) is 11.4 Å². The van der Waals surface area contributed by atoms with E-state index < -0.39 is 64.1 Å². The standard InChI is InChI=1S/C21H18ClF3N4O5/c22-15-16-9(3-11(23)17(15)28-2-1-8(5-28)14(31)7-30)18(32)10(21(33)34)6-29(16)20-13(25)4-12(24)19(26)27-20/h3-4,6,8,14,30-31H,1-2,5,7H2,(H2,26,27)(H,33,34). The van der Waals surface area contributed by atoms with Gasteiger partial charge in [-0.05, 0) is 12.5 Å². The van der Waals surface area contributed by atoms with Crippen LogP contribution >= 0.6 is 11.6 Å². The zero-order chi connectivity index (χ0) is 24.9. The maximum absolute atomic E-state index is 15.2. The van der Waals surface area contributed by atoms with Gasteiger partial charge in [-0.1, -0.05) is 11.6 Å². The van der Waals surface area contributed by atoms with Crippen molar-refractivity contribution in [3.63, 3.8) is 0 Å². The predicted octanol–water partition coefficient (Wildman–Crippen LogP) is 1.92. The Bertz CT molecular complexity index is 1380. The van der Waals surface area contributed by atoms with Crippen molar-refractivity contribution in [2.75, 3.05) is 30.3 Å². The molecule has 1 aliphatic rings. The lowest BCUT2D eigenvalue weighted by Gasteiger charge is -2.24. The Balaban J connectivity index is 2.03. The number of halogens is 4. The summed E-state index contributed by atoms with van der Waals surface area (Å²) < 4.78 is 44.4. The first kappa shape index (κ1) is 23.8. The number of carboxylic acids is 1. The third kappa shape index (κ3) is 3.83. The highest BCUT2D eigenvalue weighted by Crippen LogP contribution is 2.39. The maximum Gasteiger partial charge on any atom is 0.341 e. The largest absolute Gasteiger partial charge is 0.477 e. The molecule has 1 saturated heterocycles. The summed E-state index contributed by atoms with van der Waals surface area (Å²) in [5, 5.41) is 27.7. The second kappa shape index (κ2) is 8.78. The number of hydrogen-bond acceptors (Lipinski definition) is 7. The number of anilines is 2. The molecule has 0 spiro atoms. The van der Waals surface area contributed by atoms with Crippen molar-refractivity contribution in [3.05, 3.63) is 56.6 Å². The van der Waals surface area contributed by atoms with E-state index in [1.165, 1.54) is 4.90 Å². The monoisotopic (exact) mass is 498 g/mol. The molecule has 2 aromatic heterocycles. The Morgan fingerprint density at radius 3 is 2.62 bits per heavy atom. The third-order valence-corrected chi connectivity index (χ3v) is 6.18. The van der Waals surface area contributed by atoms with Gasteiger partial charge >= 0.3 is 5.97 Å². The summed E-state index contributed by atoms with van der Waals surface area (Å²) in [7, 11) is 0. The van der Waals surface area contributed by atoms with Crippen molar-refractivity contribution in [3.8, 4) is 5.82 Å². The van der Waals surface area contributed by atoms with Crippen molar-refractivity contribution in [1.29, 1.82) is 0 Å². The number of hydrogen-bond donors (Lipinski definition) is 4. The summed E-state index contributed by atoms with van der Waals surface area (Å²) >= 11 is 6.51. The van der Waals surface area contributed by atoms with Crippen molar-refractivity contribution in [2.24, 2.45) is 5.92 Å². The molecule has 1 aromatic carbocycles. The fourth-order valence-corrected chi connectivity index (χ4v) is 4.51. The SMILES string of the molecule is Nc1nc(-n2cc(C(=O)O)c(=O)c3cc(F)c(N4CCC(C(O)CO)C4)c(Cl)c32)c(F)cc1F. The van der Waals surface area contributed by atoms with E-state index in [-0.39, 0.29) is 35.2 Å². The number of nitrogen functional groups attached to an aromatic ring is 1. The molecular weight excluding hydrogens is 481 g/mol. The number of pyridine rings is 2. The minimum absolute atomic E-state index is 0.122. The molecule has 0 aliphatic carbocycles. The predicted molar refractivity (Wildman–Crippen MR) is 117 cm³/mol. The van der Waals surface area contributed by atoms with Gasteiger partial charge in [-0.15, -0.1) is 0 Å². The Morgan fingerprint density at radius 2 is 1.97 bits per heavy atom. The lowest BCUT2D eigenvalue weighted by atomic mass is 10.0. The molecule has 0 saturated carbocycles. The van der Waals surface area contributed by atoms with Gasteiger partial charge in [0.2, 0.25) is 5.43 Å². The van der Waals surface area contributed by atoms with Gasteiger partial charge in [-0.3, -0.25) is 9.36 Å². The first-order chi connectivity index (χ1) is 16.0. The van der Waals surface area contributed by atoms with Crippen LogP contribution in [0.1, 0.15) is 16.8 Å². The Morgan fingerprint density at radius 1 is 1.26 bits per heavy atom. The molecule has 1 aliphatic heterocycles. The number of aliphatic hydroxyl groups is 2. The summed E-state index contributed by atoms with van der Waals surface area (Å²) in [5.41, 5.74) is 3.12. The van der Waals surface area contributed by atoms with Gasteiger partial charge in [-0.2, -0.15) is 0 Å². The molecule has 2 unspecified atom stereocenters. The Labute approximate surface area is 194 Å². The van der Waals surface area contributed by atoms with Gasteiger partial charge in [-0.25, -0.2) is 22.9 Å². The number of nitrogens with zero attached hydrogens (tertiary/aromatic N) is 3. The van der Waals surface area contributed by atoms with Crippen LogP contribution in [0.25, 0.3) is 16.7 Å². The van der Waals surface area contributed by atoms with Crippen molar-refractivity contribution < 1.29 is 33.3 Å². The minimum atomic E-state index is -1.67. The zero-order valence-electron chi connectivity index (χ0n) is 17.3. The molecule has 180 valence electrons. The number of rotatable bonds is 5. The average molecular weight is 499 g/mol. The van der Waals surface area contributed by atoms with Crippen LogP contribution in [-0.2, 0) is 0 Å². The van der Waals surface area contributed by atoms with Gasteiger partial charge in [0.25, 0.3) is 0 Å². The van der Waals surface area contributed by atoms with E-state index in [9.17, 15) is 33.7 Å². The molecule has 0 amide bonds. The lowest BCUT2D eigenvalue weighted by Crippen LogP contribution is -2.29. The van der Waals surface area contributed by atoms with Crippen LogP contribution in [-0.4, -0.2) is 56.6 Å². The fourth-order valence-electron chi connectivity index (χ4n) is 4.11. The molecule has 3 heterocycles. The topological polar surface area (TPSA) is 142 Å². The van der Waals surface area contributed by atoms with Gasteiger partial charge in [0.05, 0.1) is 34.3 Å². The van der Waals surface area contributed by atoms with Crippen molar-refractivity contribution >= 4 is 40.0 Å². The highest BCUT2D eigenvalue weighted by molar-refractivity contribution is 6.38. The Hall–Kier alpha value is -3.35. The first-order valence-corrected chi connectivity index (χ1v) is 10.4. The third-order valence-electron chi connectivity index (χ3n) is 5.83. The second-order valence-electron chi connectivity index (χ2n) is 7.87. The normalized spacial score (nSPS) is 16.9. The summed E-state index contributed by atoms with van der Waals surface area (Å²) in [6.07, 6.45) is 0.125. The van der Waals surface area contributed by atoms with Crippen LogP contribution in [0.4, 0.5) is 24.7 Å². The molecule has 0 radical (unpaired) electrons. The van der Waals surface area contributed by atoms with Crippen LogP contribution in [0.5, 0.6) is 0 Å². The van der Waals surface area contributed by atoms with Crippen LogP contribution in [0.2, 0.25) is 5.02 Å². The van der Waals surface area contributed by atoms with E-state index >= 15 is 4.39 Å². The number of carboxylic acid groups (broad SMARTS) is 1. The van der Waals surface area contributed by atoms with E-state index in [4.69, 9.17) is 17.3 Å². The molecule has 0 bridgehead atoms. The van der Waals surface area contributed by atoms with Crippen LogP contribution in [0.15, 0.2) is 23.1 Å².